The number of aryl methyl sites for hydroxylation is 1. The predicted molar refractivity (Wildman–Crippen MR) is 60.8 cm³/mol. The molecule has 0 fully saturated rings. The summed E-state index contributed by atoms with van der Waals surface area (Å²) >= 11 is 0. The Labute approximate surface area is 91.3 Å². The van der Waals surface area contributed by atoms with Gasteiger partial charge in [0.25, 0.3) is 0 Å². The fourth-order valence-electron chi connectivity index (χ4n) is 1.38. The van der Waals surface area contributed by atoms with E-state index in [1.54, 1.807) is 0 Å². The molecule has 0 aliphatic carbocycles. The van der Waals surface area contributed by atoms with Crippen molar-refractivity contribution in [2.75, 3.05) is 0 Å². The molecule has 1 aromatic rings. The SMILES string of the molecule is CCc1cc(OC(C)=O)cc([C](C)C)c1. The van der Waals surface area contributed by atoms with E-state index in [2.05, 4.69) is 13.0 Å². The number of benzene rings is 1. The van der Waals surface area contributed by atoms with Gasteiger partial charge < -0.3 is 4.74 Å². The molecule has 1 radical (unpaired) electrons. The summed E-state index contributed by atoms with van der Waals surface area (Å²) in [6.45, 7) is 7.60. The molecule has 0 unspecified atom stereocenters. The standard InChI is InChI=1S/C13H17O2/c1-5-11-6-12(9(2)3)8-13(7-11)15-10(4)14/h6-8H,5H2,1-4H3. The Hall–Kier alpha value is -1.31. The third-order valence-corrected chi connectivity index (χ3v) is 2.21. The molecule has 0 bridgehead atoms. The Morgan fingerprint density at radius 2 is 1.87 bits per heavy atom. The minimum absolute atomic E-state index is 0.275. The van der Waals surface area contributed by atoms with Crippen LogP contribution in [0.3, 0.4) is 0 Å². The van der Waals surface area contributed by atoms with Crippen molar-refractivity contribution in [3.8, 4) is 5.75 Å². The van der Waals surface area contributed by atoms with Crippen LogP contribution in [0.1, 0.15) is 38.8 Å². The maximum Gasteiger partial charge on any atom is 0.308 e. The highest BCUT2D eigenvalue weighted by molar-refractivity contribution is 5.69. The number of hydrogen-bond donors (Lipinski definition) is 0. The van der Waals surface area contributed by atoms with E-state index >= 15 is 0 Å². The van der Waals surface area contributed by atoms with Crippen LogP contribution in [0.2, 0.25) is 0 Å². The minimum atomic E-state index is -0.275. The topological polar surface area (TPSA) is 26.3 Å². The van der Waals surface area contributed by atoms with Crippen LogP contribution in [-0.4, -0.2) is 5.97 Å². The van der Waals surface area contributed by atoms with Crippen LogP contribution in [0.5, 0.6) is 5.75 Å². The molecule has 1 rings (SSSR count). The van der Waals surface area contributed by atoms with Crippen LogP contribution in [0.15, 0.2) is 18.2 Å². The van der Waals surface area contributed by atoms with Crippen LogP contribution < -0.4 is 4.74 Å². The fraction of sp³-hybridized carbons (Fsp3) is 0.385. The third kappa shape index (κ3) is 3.39. The van der Waals surface area contributed by atoms with E-state index in [-0.39, 0.29) is 5.97 Å². The van der Waals surface area contributed by atoms with Gasteiger partial charge in [-0.15, -0.1) is 0 Å². The van der Waals surface area contributed by atoms with Crippen LogP contribution in [0.25, 0.3) is 0 Å². The van der Waals surface area contributed by atoms with E-state index in [0.29, 0.717) is 5.75 Å². The van der Waals surface area contributed by atoms with E-state index in [0.717, 1.165) is 12.0 Å². The second kappa shape index (κ2) is 4.96. The van der Waals surface area contributed by atoms with Crippen molar-refractivity contribution < 1.29 is 9.53 Å². The van der Waals surface area contributed by atoms with Crippen LogP contribution in [0.4, 0.5) is 0 Å². The predicted octanol–water partition coefficient (Wildman–Crippen LogP) is 3.14. The Bertz CT molecular complexity index is 354. The Morgan fingerprint density at radius 3 is 2.33 bits per heavy atom. The molecule has 0 amide bonds. The van der Waals surface area contributed by atoms with Gasteiger partial charge in [0.15, 0.2) is 0 Å². The lowest BCUT2D eigenvalue weighted by atomic mass is 9.99. The summed E-state index contributed by atoms with van der Waals surface area (Å²) in [5.74, 6) is 1.58. The summed E-state index contributed by atoms with van der Waals surface area (Å²) in [5.41, 5.74) is 2.32. The molecular weight excluding hydrogens is 188 g/mol. The van der Waals surface area contributed by atoms with Gasteiger partial charge in [0.2, 0.25) is 0 Å². The van der Waals surface area contributed by atoms with Crippen LogP contribution >= 0.6 is 0 Å². The molecule has 81 valence electrons. The zero-order chi connectivity index (χ0) is 11.4. The number of hydrogen-bond acceptors (Lipinski definition) is 2. The summed E-state index contributed by atoms with van der Waals surface area (Å²) in [5, 5.41) is 0. The maximum atomic E-state index is 10.9. The monoisotopic (exact) mass is 205 g/mol. The second-order valence-corrected chi connectivity index (χ2v) is 3.81. The summed E-state index contributed by atoms with van der Waals surface area (Å²) < 4.78 is 5.10. The quantitative estimate of drug-likeness (QED) is 0.559. The molecule has 2 heteroatoms. The molecule has 0 spiro atoms. The van der Waals surface area contributed by atoms with Gasteiger partial charge >= 0.3 is 5.97 Å². The van der Waals surface area contributed by atoms with E-state index in [1.165, 1.54) is 18.4 Å². The number of rotatable bonds is 3. The summed E-state index contributed by atoms with van der Waals surface area (Å²) in [4.78, 5) is 10.9. The lowest BCUT2D eigenvalue weighted by Crippen LogP contribution is -2.03. The van der Waals surface area contributed by atoms with Gasteiger partial charge in [0.1, 0.15) is 5.75 Å². The Morgan fingerprint density at radius 1 is 1.20 bits per heavy atom. The van der Waals surface area contributed by atoms with Gasteiger partial charge in [0, 0.05) is 6.92 Å². The van der Waals surface area contributed by atoms with Crippen molar-refractivity contribution in [3.05, 3.63) is 35.2 Å². The zero-order valence-electron chi connectivity index (χ0n) is 9.76. The highest BCUT2D eigenvalue weighted by atomic mass is 16.5. The van der Waals surface area contributed by atoms with E-state index in [4.69, 9.17) is 4.74 Å². The van der Waals surface area contributed by atoms with Gasteiger partial charge in [0.05, 0.1) is 0 Å². The molecule has 15 heavy (non-hydrogen) atoms. The molecule has 0 aliphatic heterocycles. The average molecular weight is 205 g/mol. The summed E-state index contributed by atoms with van der Waals surface area (Å²) in [7, 11) is 0. The maximum absolute atomic E-state index is 10.9. The van der Waals surface area contributed by atoms with Crippen LogP contribution in [0, 0.1) is 5.92 Å². The van der Waals surface area contributed by atoms with Crippen molar-refractivity contribution in [1.29, 1.82) is 0 Å². The first-order valence-electron chi connectivity index (χ1n) is 5.16. The van der Waals surface area contributed by atoms with Crippen molar-refractivity contribution in [2.24, 2.45) is 0 Å². The Kier molecular flexibility index (Phi) is 3.89. The molecule has 0 heterocycles. The second-order valence-electron chi connectivity index (χ2n) is 3.81. The minimum Gasteiger partial charge on any atom is -0.427 e. The molecule has 0 atom stereocenters. The Balaban J connectivity index is 3.05. The summed E-state index contributed by atoms with van der Waals surface area (Å²) in [6.07, 6.45) is 0.940. The molecule has 0 aromatic heterocycles. The fourth-order valence-corrected chi connectivity index (χ4v) is 1.38. The summed E-state index contributed by atoms with van der Waals surface area (Å²) in [6, 6.07) is 5.94. The average Bonchev–Trinajstić information content (AvgIpc) is 2.16. The molecule has 0 N–H and O–H groups in total. The zero-order valence-corrected chi connectivity index (χ0v) is 9.76. The van der Waals surface area contributed by atoms with Crippen molar-refractivity contribution >= 4 is 5.97 Å². The largest absolute Gasteiger partial charge is 0.427 e. The smallest absolute Gasteiger partial charge is 0.308 e. The van der Waals surface area contributed by atoms with E-state index in [9.17, 15) is 4.79 Å². The lowest BCUT2D eigenvalue weighted by Gasteiger charge is -2.10. The van der Waals surface area contributed by atoms with Crippen molar-refractivity contribution in [2.45, 2.75) is 34.1 Å². The first-order chi connectivity index (χ1) is 7.02. The van der Waals surface area contributed by atoms with Crippen molar-refractivity contribution in [1.82, 2.24) is 0 Å². The van der Waals surface area contributed by atoms with Gasteiger partial charge in [-0.1, -0.05) is 26.8 Å². The molecule has 0 aliphatic rings. The molecule has 0 saturated carbocycles. The molecule has 2 nitrogen and oxygen atoms in total. The number of carbonyl (C=O) groups is 1. The molecule has 1 aromatic carbocycles. The highest BCUT2D eigenvalue weighted by Gasteiger charge is 2.06. The lowest BCUT2D eigenvalue weighted by molar-refractivity contribution is -0.131. The number of esters is 1. The van der Waals surface area contributed by atoms with Gasteiger partial charge in [-0.3, -0.25) is 4.79 Å². The highest BCUT2D eigenvalue weighted by Crippen LogP contribution is 2.23. The number of ether oxygens (including phenoxy) is 1. The van der Waals surface area contributed by atoms with E-state index < -0.39 is 0 Å². The van der Waals surface area contributed by atoms with Gasteiger partial charge in [-0.2, -0.15) is 0 Å². The van der Waals surface area contributed by atoms with E-state index in [1.807, 2.05) is 26.0 Å². The van der Waals surface area contributed by atoms with Crippen LogP contribution in [-0.2, 0) is 11.2 Å². The molecule has 0 saturated heterocycles. The van der Waals surface area contributed by atoms with Gasteiger partial charge in [-0.05, 0) is 35.6 Å². The first kappa shape index (κ1) is 11.8. The normalized spacial score (nSPS) is 10.5. The third-order valence-electron chi connectivity index (χ3n) is 2.21. The first-order valence-corrected chi connectivity index (χ1v) is 5.16. The van der Waals surface area contributed by atoms with Gasteiger partial charge in [-0.25, -0.2) is 0 Å². The van der Waals surface area contributed by atoms with Crippen molar-refractivity contribution in [3.63, 3.8) is 0 Å². The number of carbonyl (C=O) groups excluding carboxylic acids is 1. The molecular formula is C13H17O2.